The zero-order valence-corrected chi connectivity index (χ0v) is 27.5. The predicted octanol–water partition coefficient (Wildman–Crippen LogP) is 5.00. The van der Waals surface area contributed by atoms with Gasteiger partial charge in [0.15, 0.2) is 6.29 Å². The molecule has 0 aromatic carbocycles. The second kappa shape index (κ2) is 11.1. The highest BCUT2D eigenvalue weighted by Crippen LogP contribution is 2.72. The number of esters is 3. The van der Waals surface area contributed by atoms with Crippen molar-refractivity contribution in [2.45, 2.75) is 117 Å². The van der Waals surface area contributed by atoms with Crippen molar-refractivity contribution in [1.82, 2.24) is 0 Å². The molecule has 0 amide bonds. The monoisotopic (exact) mass is 626 g/mol. The highest BCUT2D eigenvalue weighted by Gasteiger charge is 2.77. The summed E-state index contributed by atoms with van der Waals surface area (Å²) in [7, 11) is 0. The minimum atomic E-state index is -1.12. The SMILES string of the molecule is C/C=C(\C)C(=O)O[C@@H]1[C@@H]2OC[C@]3(C)[C@H](OC(C)=O)C[C@H](OC(C)=O)[C@@](C)([C@@H]23)[C@H]2C[C@@H](O)O[C@H]3C[C@H](c4ccoc4)C(C)=C3[C@]12C. The largest absolute Gasteiger partial charge is 0.472 e. The van der Waals surface area contributed by atoms with Crippen LogP contribution < -0.4 is 0 Å². The van der Waals surface area contributed by atoms with Gasteiger partial charge in [0.1, 0.15) is 18.3 Å². The van der Waals surface area contributed by atoms with Gasteiger partial charge < -0.3 is 33.2 Å². The summed E-state index contributed by atoms with van der Waals surface area (Å²) in [5.41, 5.74) is 1.18. The molecule has 0 spiro atoms. The van der Waals surface area contributed by atoms with Crippen LogP contribution in [0, 0.1) is 28.1 Å². The zero-order chi connectivity index (χ0) is 32.6. The normalized spacial score (nSPS) is 43.9. The molecule has 5 aliphatic rings. The van der Waals surface area contributed by atoms with Gasteiger partial charge in [-0.2, -0.15) is 0 Å². The summed E-state index contributed by atoms with van der Waals surface area (Å²) in [4.78, 5) is 38.7. The van der Waals surface area contributed by atoms with E-state index in [0.29, 0.717) is 12.0 Å². The third-order valence-corrected chi connectivity index (χ3v) is 12.1. The molecule has 2 aliphatic heterocycles. The number of aliphatic hydroxyl groups is 1. The number of aliphatic hydroxyl groups excluding tert-OH is 1. The van der Waals surface area contributed by atoms with Gasteiger partial charge in [0, 0.05) is 60.3 Å². The van der Waals surface area contributed by atoms with Crippen LogP contribution in [0.5, 0.6) is 0 Å². The van der Waals surface area contributed by atoms with E-state index in [4.69, 9.17) is 28.1 Å². The third-order valence-electron chi connectivity index (χ3n) is 12.1. The summed E-state index contributed by atoms with van der Waals surface area (Å²) in [6, 6.07) is 1.94. The average molecular weight is 627 g/mol. The fourth-order valence-electron chi connectivity index (χ4n) is 10.3. The quantitative estimate of drug-likeness (QED) is 0.206. The summed E-state index contributed by atoms with van der Waals surface area (Å²) in [6.45, 7) is 14.9. The number of ether oxygens (including phenoxy) is 5. The van der Waals surface area contributed by atoms with Crippen LogP contribution >= 0.6 is 0 Å². The van der Waals surface area contributed by atoms with Crippen molar-refractivity contribution >= 4 is 17.9 Å². The molecule has 246 valence electrons. The molecule has 10 heteroatoms. The van der Waals surface area contributed by atoms with E-state index in [1.165, 1.54) is 13.8 Å². The Balaban J connectivity index is 1.61. The highest BCUT2D eigenvalue weighted by atomic mass is 16.6. The van der Waals surface area contributed by atoms with Crippen LogP contribution in [-0.2, 0) is 38.1 Å². The van der Waals surface area contributed by atoms with Crippen LogP contribution in [0.1, 0.15) is 86.1 Å². The fourth-order valence-corrected chi connectivity index (χ4v) is 10.3. The van der Waals surface area contributed by atoms with Crippen LogP contribution in [0.3, 0.4) is 0 Å². The van der Waals surface area contributed by atoms with Gasteiger partial charge in [-0.05, 0) is 50.3 Å². The van der Waals surface area contributed by atoms with E-state index < -0.39 is 71.0 Å². The van der Waals surface area contributed by atoms with Crippen LogP contribution in [0.2, 0.25) is 0 Å². The lowest BCUT2D eigenvalue weighted by atomic mass is 9.39. The third kappa shape index (κ3) is 4.65. The number of carbonyl (C=O) groups is 3. The Kier molecular flexibility index (Phi) is 7.89. The number of hydrogen-bond donors (Lipinski definition) is 1. The number of hydrogen-bond acceptors (Lipinski definition) is 10. The Labute approximate surface area is 264 Å². The Morgan fingerprint density at radius 3 is 2.31 bits per heavy atom. The van der Waals surface area contributed by atoms with Crippen LogP contribution in [0.4, 0.5) is 0 Å². The first-order valence-electron chi connectivity index (χ1n) is 16.0. The summed E-state index contributed by atoms with van der Waals surface area (Å²) in [5.74, 6) is -2.08. The number of fused-ring (bicyclic) bond motifs is 4. The minimum absolute atomic E-state index is 0.0237. The Morgan fingerprint density at radius 2 is 1.69 bits per heavy atom. The molecule has 3 aliphatic carbocycles. The smallest absolute Gasteiger partial charge is 0.333 e. The molecule has 1 aromatic rings. The summed E-state index contributed by atoms with van der Waals surface area (Å²) >= 11 is 0. The molecule has 2 saturated carbocycles. The van der Waals surface area contributed by atoms with Crippen LogP contribution in [-0.4, -0.2) is 66.4 Å². The van der Waals surface area contributed by atoms with Crippen molar-refractivity contribution in [1.29, 1.82) is 0 Å². The van der Waals surface area contributed by atoms with E-state index in [1.807, 2.05) is 13.0 Å². The maximum atomic E-state index is 13.7. The molecule has 0 unspecified atom stereocenters. The lowest BCUT2D eigenvalue weighted by Crippen LogP contribution is -2.72. The van der Waals surface area contributed by atoms with Gasteiger partial charge in [-0.15, -0.1) is 0 Å². The standard InChI is InChI=1S/C35H46O10/c1-9-17(2)32(39)45-31-29-30-33(6,16-41-29)25(42-19(4)36)14-26(43-20(5)37)34(30,7)24-13-27(38)44-23-12-22(21-10-11-40-15-21)18(3)28(23)35(24,31)8/h9-11,15,22-27,29-31,38H,12-14,16H2,1-8H3/b17-9+/t22-,23-,24+,25+,26-,27-,29+,30-,31+,33+,34-,35+/m0/s1. The molecule has 4 fully saturated rings. The highest BCUT2D eigenvalue weighted by molar-refractivity contribution is 5.87. The molecule has 3 heterocycles. The number of allylic oxidation sites excluding steroid dienone is 2. The molecular weight excluding hydrogens is 580 g/mol. The van der Waals surface area contributed by atoms with Crippen molar-refractivity contribution in [2.24, 2.45) is 28.1 Å². The van der Waals surface area contributed by atoms with Crippen molar-refractivity contribution in [2.75, 3.05) is 6.61 Å². The molecule has 1 aromatic heterocycles. The topological polar surface area (TPSA) is 131 Å². The summed E-state index contributed by atoms with van der Waals surface area (Å²) < 4.78 is 37.2. The summed E-state index contributed by atoms with van der Waals surface area (Å²) in [5, 5.41) is 11.6. The Bertz CT molecular complexity index is 1430. The first-order valence-corrected chi connectivity index (χ1v) is 16.0. The average Bonchev–Trinajstić information content (AvgIpc) is 3.68. The van der Waals surface area contributed by atoms with Crippen molar-refractivity contribution < 1.29 is 47.6 Å². The van der Waals surface area contributed by atoms with Gasteiger partial charge in [-0.3, -0.25) is 9.59 Å². The molecule has 12 atom stereocenters. The number of furan rings is 1. The minimum Gasteiger partial charge on any atom is -0.472 e. The van der Waals surface area contributed by atoms with E-state index in [9.17, 15) is 19.5 Å². The van der Waals surface area contributed by atoms with E-state index in [-0.39, 0.29) is 37.2 Å². The maximum absolute atomic E-state index is 13.7. The lowest BCUT2D eigenvalue weighted by Gasteiger charge is -2.66. The molecule has 0 radical (unpaired) electrons. The lowest BCUT2D eigenvalue weighted by molar-refractivity contribution is -0.262. The second-order valence-corrected chi connectivity index (χ2v) is 14.4. The van der Waals surface area contributed by atoms with E-state index in [1.54, 1.807) is 32.4 Å². The first kappa shape index (κ1) is 32.0. The molecule has 10 nitrogen and oxygen atoms in total. The van der Waals surface area contributed by atoms with E-state index in [0.717, 1.165) is 16.7 Å². The van der Waals surface area contributed by atoms with Gasteiger partial charge in [-0.25, -0.2) is 4.79 Å². The van der Waals surface area contributed by atoms with E-state index in [2.05, 4.69) is 20.8 Å². The van der Waals surface area contributed by atoms with Gasteiger partial charge in [0.05, 0.1) is 31.3 Å². The second-order valence-electron chi connectivity index (χ2n) is 14.4. The van der Waals surface area contributed by atoms with E-state index >= 15 is 0 Å². The van der Waals surface area contributed by atoms with Gasteiger partial charge in [0.25, 0.3) is 0 Å². The zero-order valence-electron chi connectivity index (χ0n) is 27.5. The fraction of sp³-hybridized carbons (Fsp3) is 0.686. The molecule has 6 rings (SSSR count). The number of carbonyl (C=O) groups excluding carboxylic acids is 3. The van der Waals surface area contributed by atoms with Crippen molar-refractivity contribution in [3.63, 3.8) is 0 Å². The number of rotatable bonds is 5. The Morgan fingerprint density at radius 1 is 1.00 bits per heavy atom. The summed E-state index contributed by atoms with van der Waals surface area (Å²) in [6.07, 6.45) is 1.99. The van der Waals surface area contributed by atoms with Gasteiger partial charge >= 0.3 is 17.9 Å². The van der Waals surface area contributed by atoms with Crippen molar-refractivity contribution in [3.05, 3.63) is 47.0 Å². The Hall–Kier alpha value is -2.95. The van der Waals surface area contributed by atoms with Crippen LogP contribution in [0.25, 0.3) is 0 Å². The molecule has 45 heavy (non-hydrogen) atoms. The van der Waals surface area contributed by atoms with Crippen LogP contribution in [0.15, 0.2) is 45.8 Å². The van der Waals surface area contributed by atoms with Gasteiger partial charge in [0.2, 0.25) is 0 Å². The molecule has 2 saturated heterocycles. The first-order chi connectivity index (χ1) is 21.2. The predicted molar refractivity (Wildman–Crippen MR) is 160 cm³/mol. The molecule has 0 bridgehead atoms. The molecule has 1 N–H and O–H groups in total. The molecular formula is C35H46O10. The van der Waals surface area contributed by atoms with Gasteiger partial charge in [-0.1, -0.05) is 32.4 Å². The maximum Gasteiger partial charge on any atom is 0.333 e. The van der Waals surface area contributed by atoms with Crippen molar-refractivity contribution in [3.8, 4) is 0 Å².